The summed E-state index contributed by atoms with van der Waals surface area (Å²) >= 11 is 0. The van der Waals surface area contributed by atoms with Crippen molar-refractivity contribution in [1.82, 2.24) is 0 Å². The zero-order valence-corrected chi connectivity index (χ0v) is 8.54. The quantitative estimate of drug-likeness (QED) is 0.506. The summed E-state index contributed by atoms with van der Waals surface area (Å²) in [5, 5.41) is 8.90. The lowest BCUT2D eigenvalue weighted by molar-refractivity contribution is -0.124. The van der Waals surface area contributed by atoms with Crippen molar-refractivity contribution < 1.29 is 4.79 Å². The predicted molar refractivity (Wildman–Crippen MR) is 55.5 cm³/mol. The van der Waals surface area contributed by atoms with Crippen LogP contribution in [-0.4, -0.2) is 5.78 Å². The number of unbranched alkanes of at least 4 members (excludes halogenated alkanes) is 1. The summed E-state index contributed by atoms with van der Waals surface area (Å²) in [6, 6.07) is 2.16. The minimum atomic E-state index is -0.325. The summed E-state index contributed by atoms with van der Waals surface area (Å²) in [5.41, 5.74) is 0. The van der Waals surface area contributed by atoms with Gasteiger partial charge < -0.3 is 0 Å². The van der Waals surface area contributed by atoms with Gasteiger partial charge in [0.2, 0.25) is 0 Å². The van der Waals surface area contributed by atoms with Gasteiger partial charge in [-0.25, -0.2) is 0 Å². The molecule has 0 heterocycles. The molecule has 2 unspecified atom stereocenters. The molecule has 0 bridgehead atoms. The number of hydrogen-bond acceptors (Lipinski definition) is 2. The van der Waals surface area contributed by atoms with Crippen molar-refractivity contribution in [2.24, 2.45) is 11.8 Å². The van der Waals surface area contributed by atoms with Gasteiger partial charge in [0.15, 0.2) is 0 Å². The molecule has 0 spiro atoms. The van der Waals surface area contributed by atoms with E-state index < -0.39 is 0 Å². The maximum atomic E-state index is 11.4. The van der Waals surface area contributed by atoms with Crippen molar-refractivity contribution in [2.75, 3.05) is 0 Å². The molecule has 2 nitrogen and oxygen atoms in total. The number of hydrogen-bond donors (Lipinski definition) is 0. The highest BCUT2D eigenvalue weighted by molar-refractivity contribution is 5.84. The van der Waals surface area contributed by atoms with Crippen molar-refractivity contribution in [1.29, 1.82) is 5.26 Å². The highest BCUT2D eigenvalue weighted by Crippen LogP contribution is 2.30. The second-order valence-electron chi connectivity index (χ2n) is 3.94. The van der Waals surface area contributed by atoms with Crippen LogP contribution in [0.25, 0.3) is 0 Å². The summed E-state index contributed by atoms with van der Waals surface area (Å²) in [6.45, 7) is 3.67. The fourth-order valence-corrected chi connectivity index (χ4v) is 2.14. The third-order valence-electron chi connectivity index (χ3n) is 2.94. The van der Waals surface area contributed by atoms with Crippen LogP contribution in [0.3, 0.4) is 0 Å². The van der Waals surface area contributed by atoms with E-state index in [0.717, 1.165) is 32.1 Å². The monoisotopic (exact) mass is 191 g/mol. The average Bonchev–Trinajstić information content (AvgIpc) is 2.18. The summed E-state index contributed by atoms with van der Waals surface area (Å²) < 4.78 is 0. The second kappa shape index (κ2) is 5.59. The van der Waals surface area contributed by atoms with Crippen LogP contribution < -0.4 is 0 Å². The zero-order valence-electron chi connectivity index (χ0n) is 8.54. The lowest BCUT2D eigenvalue weighted by Crippen LogP contribution is -2.27. The Bertz CT molecular complexity index is 252. The number of Topliss-reactive ketones (excluding diaryl/α,β-unsaturated/α-hetero) is 1. The highest BCUT2D eigenvalue weighted by atomic mass is 16.1. The Morgan fingerprint density at radius 3 is 3.07 bits per heavy atom. The Morgan fingerprint density at radius 2 is 2.43 bits per heavy atom. The first-order valence-corrected chi connectivity index (χ1v) is 5.32. The van der Waals surface area contributed by atoms with Gasteiger partial charge in [-0.2, -0.15) is 5.26 Å². The molecule has 0 aromatic heterocycles. The summed E-state index contributed by atoms with van der Waals surface area (Å²) in [7, 11) is 0. The molecule has 1 saturated carbocycles. The van der Waals surface area contributed by atoms with Crippen molar-refractivity contribution in [3.05, 3.63) is 12.7 Å². The van der Waals surface area contributed by atoms with Gasteiger partial charge in [0, 0.05) is 6.42 Å². The van der Waals surface area contributed by atoms with Gasteiger partial charge in [0.05, 0.1) is 6.07 Å². The lowest BCUT2D eigenvalue weighted by atomic mass is 9.77. The van der Waals surface area contributed by atoms with Crippen molar-refractivity contribution in [2.45, 2.75) is 38.5 Å². The van der Waals surface area contributed by atoms with E-state index in [0.29, 0.717) is 12.3 Å². The van der Waals surface area contributed by atoms with Crippen LogP contribution in [-0.2, 0) is 4.79 Å². The van der Waals surface area contributed by atoms with E-state index in [1.54, 1.807) is 0 Å². The van der Waals surface area contributed by atoms with Crippen LogP contribution in [0, 0.1) is 23.2 Å². The smallest absolute Gasteiger partial charge is 0.150 e. The number of nitriles is 1. The number of carbonyl (C=O) groups excluding carboxylic acids is 1. The molecule has 1 rings (SSSR count). The molecule has 0 radical (unpaired) electrons. The number of allylic oxidation sites excluding steroid dienone is 1. The fourth-order valence-electron chi connectivity index (χ4n) is 2.14. The molecule has 0 aliphatic heterocycles. The Morgan fingerprint density at radius 1 is 1.64 bits per heavy atom. The Balaban J connectivity index is 2.44. The number of ketones is 1. The van der Waals surface area contributed by atoms with Gasteiger partial charge in [-0.3, -0.25) is 4.79 Å². The van der Waals surface area contributed by atoms with Crippen molar-refractivity contribution >= 4 is 5.78 Å². The molecule has 76 valence electrons. The van der Waals surface area contributed by atoms with E-state index >= 15 is 0 Å². The lowest BCUT2D eigenvalue weighted by Gasteiger charge is -2.25. The normalized spacial score (nSPS) is 26.9. The van der Waals surface area contributed by atoms with Crippen LogP contribution >= 0.6 is 0 Å². The molecule has 2 heteroatoms. The van der Waals surface area contributed by atoms with Crippen molar-refractivity contribution in [3.8, 4) is 6.07 Å². The second-order valence-corrected chi connectivity index (χ2v) is 3.94. The molecule has 0 saturated heterocycles. The summed E-state index contributed by atoms with van der Waals surface area (Å²) in [6.07, 6.45) is 7.55. The summed E-state index contributed by atoms with van der Waals surface area (Å²) in [5.74, 6) is 0.136. The molecule has 0 amide bonds. The van der Waals surface area contributed by atoms with Gasteiger partial charge in [-0.15, -0.1) is 6.58 Å². The molecular weight excluding hydrogens is 174 g/mol. The van der Waals surface area contributed by atoms with Crippen LogP contribution in [0.1, 0.15) is 38.5 Å². The highest BCUT2D eigenvalue weighted by Gasteiger charge is 2.30. The topological polar surface area (TPSA) is 40.9 Å². The molecule has 0 aromatic rings. The fraction of sp³-hybridized carbons (Fsp3) is 0.667. The minimum Gasteiger partial charge on any atom is -0.298 e. The van der Waals surface area contributed by atoms with E-state index in [1.807, 2.05) is 6.08 Å². The van der Waals surface area contributed by atoms with E-state index in [1.165, 1.54) is 0 Å². The largest absolute Gasteiger partial charge is 0.298 e. The first-order valence-electron chi connectivity index (χ1n) is 5.32. The number of nitrogens with zero attached hydrogens (tertiary/aromatic N) is 1. The van der Waals surface area contributed by atoms with E-state index in [-0.39, 0.29) is 11.7 Å². The van der Waals surface area contributed by atoms with Gasteiger partial charge in [0.25, 0.3) is 0 Å². The molecule has 14 heavy (non-hydrogen) atoms. The van der Waals surface area contributed by atoms with Gasteiger partial charge in [0.1, 0.15) is 11.7 Å². The zero-order chi connectivity index (χ0) is 10.4. The van der Waals surface area contributed by atoms with Gasteiger partial charge >= 0.3 is 0 Å². The van der Waals surface area contributed by atoms with Crippen LogP contribution in [0.15, 0.2) is 12.7 Å². The Labute approximate surface area is 85.6 Å². The minimum absolute atomic E-state index is 0.155. The Kier molecular flexibility index (Phi) is 4.39. The van der Waals surface area contributed by atoms with Crippen LogP contribution in [0.2, 0.25) is 0 Å². The van der Waals surface area contributed by atoms with Gasteiger partial charge in [-0.1, -0.05) is 6.08 Å². The molecule has 1 fully saturated rings. The van der Waals surface area contributed by atoms with Crippen LogP contribution in [0.5, 0.6) is 0 Å². The molecule has 0 aromatic carbocycles. The van der Waals surface area contributed by atoms with Gasteiger partial charge in [-0.05, 0) is 38.0 Å². The molecular formula is C12H17NO. The third-order valence-corrected chi connectivity index (χ3v) is 2.94. The number of rotatable bonds is 4. The predicted octanol–water partition coefficient (Wildman–Crippen LogP) is 2.85. The average molecular weight is 191 g/mol. The van der Waals surface area contributed by atoms with E-state index in [2.05, 4.69) is 12.6 Å². The molecule has 0 N–H and O–H groups in total. The maximum absolute atomic E-state index is 11.4. The maximum Gasteiger partial charge on any atom is 0.150 e. The number of carbonyl (C=O) groups is 1. The van der Waals surface area contributed by atoms with E-state index in [9.17, 15) is 4.79 Å². The first-order chi connectivity index (χ1) is 6.79. The molecule has 1 aliphatic carbocycles. The third kappa shape index (κ3) is 2.70. The molecule has 2 atom stereocenters. The van der Waals surface area contributed by atoms with Crippen molar-refractivity contribution in [3.63, 3.8) is 0 Å². The summed E-state index contributed by atoms with van der Waals surface area (Å²) in [4.78, 5) is 11.4. The Hall–Kier alpha value is -1.10. The molecule has 1 aliphatic rings. The first kappa shape index (κ1) is 11.0. The SMILES string of the molecule is C=CCCCC1CCCC(=O)C1C#N. The van der Waals surface area contributed by atoms with E-state index in [4.69, 9.17) is 5.26 Å². The standard InChI is InChI=1S/C12H17NO/c1-2-3-4-6-10-7-5-8-12(14)11(10)9-13/h2,10-11H,1,3-8H2. The van der Waals surface area contributed by atoms with Crippen LogP contribution in [0.4, 0.5) is 0 Å².